The topological polar surface area (TPSA) is 67.9 Å². The van der Waals surface area contributed by atoms with Crippen LogP contribution in [0.5, 0.6) is 11.5 Å². The first-order valence-corrected chi connectivity index (χ1v) is 8.94. The van der Waals surface area contributed by atoms with Gasteiger partial charge < -0.3 is 14.8 Å². The van der Waals surface area contributed by atoms with E-state index in [0.717, 1.165) is 16.8 Å². The van der Waals surface area contributed by atoms with Gasteiger partial charge in [-0.3, -0.25) is 14.5 Å². The summed E-state index contributed by atoms with van der Waals surface area (Å²) in [6.45, 7) is 2.60. The number of fused-ring (bicyclic) bond motifs is 2. The molecule has 0 fully saturated rings. The largest absolute Gasteiger partial charge is 0.454 e. The summed E-state index contributed by atoms with van der Waals surface area (Å²) in [6.07, 6.45) is 3.73. The van der Waals surface area contributed by atoms with E-state index in [1.54, 1.807) is 11.0 Å². The number of nitrogens with one attached hydrogen (secondary N) is 1. The molecule has 0 saturated carbocycles. The second-order valence-electron chi connectivity index (χ2n) is 6.40. The van der Waals surface area contributed by atoms with E-state index in [9.17, 15) is 9.59 Å². The molecule has 2 heterocycles. The lowest BCUT2D eigenvalue weighted by Crippen LogP contribution is -2.47. The van der Waals surface area contributed by atoms with E-state index >= 15 is 0 Å². The number of carbonyl (C=O) groups is 2. The van der Waals surface area contributed by atoms with Gasteiger partial charge in [0.05, 0.1) is 0 Å². The van der Waals surface area contributed by atoms with Gasteiger partial charge in [-0.15, -0.1) is 0 Å². The van der Waals surface area contributed by atoms with Crippen molar-refractivity contribution >= 4 is 23.6 Å². The molecule has 0 aliphatic carbocycles. The lowest BCUT2D eigenvalue weighted by Gasteiger charge is -2.23. The molecule has 2 aliphatic heterocycles. The quantitative estimate of drug-likeness (QED) is 0.847. The molecule has 0 bridgehead atoms. The fourth-order valence-corrected chi connectivity index (χ4v) is 3.42. The molecule has 0 saturated heterocycles. The number of para-hydroxylation sites is 1. The van der Waals surface area contributed by atoms with Crippen LogP contribution in [0.25, 0.3) is 6.08 Å². The van der Waals surface area contributed by atoms with Crippen LogP contribution in [-0.2, 0) is 16.0 Å². The first kappa shape index (κ1) is 17.1. The van der Waals surface area contributed by atoms with E-state index in [1.807, 2.05) is 49.4 Å². The fourth-order valence-electron chi connectivity index (χ4n) is 3.42. The Hall–Kier alpha value is -3.28. The molecule has 0 aromatic heterocycles. The summed E-state index contributed by atoms with van der Waals surface area (Å²) in [5.41, 5.74) is 2.61. The monoisotopic (exact) mass is 364 g/mol. The van der Waals surface area contributed by atoms with Crippen molar-refractivity contribution in [3.63, 3.8) is 0 Å². The molecule has 1 N–H and O–H groups in total. The van der Waals surface area contributed by atoms with Crippen LogP contribution in [0.15, 0.2) is 48.5 Å². The number of nitrogens with zero attached hydrogens (tertiary/aromatic N) is 1. The molecule has 2 amide bonds. The minimum Gasteiger partial charge on any atom is -0.454 e. The summed E-state index contributed by atoms with van der Waals surface area (Å²) < 4.78 is 10.7. The van der Waals surface area contributed by atoms with Crippen molar-refractivity contribution in [1.29, 1.82) is 0 Å². The summed E-state index contributed by atoms with van der Waals surface area (Å²) in [4.78, 5) is 27.0. The minimum absolute atomic E-state index is 0.140. The molecule has 6 heteroatoms. The van der Waals surface area contributed by atoms with Crippen molar-refractivity contribution in [2.75, 3.05) is 18.2 Å². The first-order valence-electron chi connectivity index (χ1n) is 8.94. The summed E-state index contributed by atoms with van der Waals surface area (Å²) in [5, 5.41) is 2.82. The van der Waals surface area contributed by atoms with E-state index in [1.165, 1.54) is 6.08 Å². The van der Waals surface area contributed by atoms with Gasteiger partial charge >= 0.3 is 0 Å². The number of carbonyl (C=O) groups excluding carboxylic acids is 2. The van der Waals surface area contributed by atoms with Crippen molar-refractivity contribution in [3.8, 4) is 11.5 Å². The van der Waals surface area contributed by atoms with E-state index < -0.39 is 6.04 Å². The average Bonchev–Trinajstić information content (AvgIpc) is 3.30. The normalized spacial score (nSPS) is 17.2. The molecule has 138 valence electrons. The number of benzene rings is 2. The molecular formula is C21H20N2O4. The third-order valence-electron chi connectivity index (χ3n) is 4.68. The number of hydrogen-bond donors (Lipinski definition) is 1. The van der Waals surface area contributed by atoms with E-state index in [-0.39, 0.29) is 18.6 Å². The van der Waals surface area contributed by atoms with Crippen LogP contribution < -0.4 is 19.7 Å². The van der Waals surface area contributed by atoms with Gasteiger partial charge in [0.25, 0.3) is 5.91 Å². The Bertz CT molecular complexity index is 922. The number of amides is 2. The highest BCUT2D eigenvalue weighted by Gasteiger charge is 2.37. The molecule has 6 nitrogen and oxygen atoms in total. The zero-order valence-corrected chi connectivity index (χ0v) is 15.0. The van der Waals surface area contributed by atoms with Gasteiger partial charge in [-0.25, -0.2) is 0 Å². The number of anilines is 1. The van der Waals surface area contributed by atoms with Gasteiger partial charge in [0.1, 0.15) is 6.04 Å². The van der Waals surface area contributed by atoms with Crippen LogP contribution in [0.2, 0.25) is 0 Å². The van der Waals surface area contributed by atoms with Gasteiger partial charge in [-0.1, -0.05) is 24.3 Å². The Morgan fingerprint density at radius 1 is 1.19 bits per heavy atom. The molecule has 1 atom stereocenters. The van der Waals surface area contributed by atoms with Gasteiger partial charge in [-0.05, 0) is 42.3 Å². The molecule has 0 unspecified atom stereocenters. The van der Waals surface area contributed by atoms with Crippen LogP contribution in [0.3, 0.4) is 0 Å². The van der Waals surface area contributed by atoms with Gasteiger partial charge in [-0.2, -0.15) is 0 Å². The smallest absolute Gasteiger partial charge is 0.251 e. The summed E-state index contributed by atoms with van der Waals surface area (Å²) in [5.74, 6) is 0.993. The second kappa shape index (κ2) is 7.15. The van der Waals surface area contributed by atoms with Crippen molar-refractivity contribution in [2.45, 2.75) is 19.4 Å². The van der Waals surface area contributed by atoms with Crippen molar-refractivity contribution in [1.82, 2.24) is 5.32 Å². The third kappa shape index (κ3) is 3.26. The zero-order valence-electron chi connectivity index (χ0n) is 15.0. The average molecular weight is 364 g/mol. The van der Waals surface area contributed by atoms with Crippen LogP contribution in [0.4, 0.5) is 5.69 Å². The fraction of sp³-hybridized carbons (Fsp3) is 0.238. The minimum atomic E-state index is -0.531. The van der Waals surface area contributed by atoms with Gasteiger partial charge in [0.2, 0.25) is 12.7 Å². The summed E-state index contributed by atoms with van der Waals surface area (Å²) in [6, 6.07) is 12.6. The molecule has 2 aliphatic rings. The van der Waals surface area contributed by atoms with Crippen molar-refractivity contribution in [3.05, 3.63) is 59.7 Å². The Kier molecular flexibility index (Phi) is 4.54. The van der Waals surface area contributed by atoms with Crippen LogP contribution in [0.1, 0.15) is 18.1 Å². The summed E-state index contributed by atoms with van der Waals surface area (Å²) in [7, 11) is 0. The maximum atomic E-state index is 12.9. The Morgan fingerprint density at radius 3 is 2.85 bits per heavy atom. The zero-order chi connectivity index (χ0) is 18.8. The van der Waals surface area contributed by atoms with E-state index in [4.69, 9.17) is 9.47 Å². The second-order valence-corrected chi connectivity index (χ2v) is 6.40. The van der Waals surface area contributed by atoms with Crippen molar-refractivity contribution < 1.29 is 19.1 Å². The standard InChI is InChI=1S/C21H20N2O4/c1-2-22-21(25)17-12-15-5-3-4-6-16(15)23(17)20(24)10-8-14-7-9-18-19(11-14)27-13-26-18/h3-11,17H,2,12-13H2,1H3,(H,22,25)/b10-8-/t17-/m1/s1. The lowest BCUT2D eigenvalue weighted by molar-refractivity contribution is -0.124. The van der Waals surface area contributed by atoms with E-state index in [0.29, 0.717) is 24.5 Å². The highest BCUT2D eigenvalue weighted by molar-refractivity contribution is 6.09. The molecule has 4 rings (SSSR count). The predicted octanol–water partition coefficient (Wildman–Crippen LogP) is 2.52. The lowest BCUT2D eigenvalue weighted by atomic mass is 10.1. The molecule has 27 heavy (non-hydrogen) atoms. The van der Waals surface area contributed by atoms with Crippen molar-refractivity contribution in [2.24, 2.45) is 0 Å². The summed E-state index contributed by atoms with van der Waals surface area (Å²) >= 11 is 0. The van der Waals surface area contributed by atoms with Crippen LogP contribution in [-0.4, -0.2) is 31.2 Å². The van der Waals surface area contributed by atoms with E-state index in [2.05, 4.69) is 5.32 Å². The number of ether oxygens (including phenoxy) is 2. The predicted molar refractivity (Wildman–Crippen MR) is 102 cm³/mol. The Balaban J connectivity index is 1.59. The molecule has 0 spiro atoms. The third-order valence-corrected chi connectivity index (χ3v) is 4.68. The maximum absolute atomic E-state index is 12.9. The number of rotatable bonds is 4. The molecular weight excluding hydrogens is 344 g/mol. The number of likely N-dealkylation sites (N-methyl/N-ethyl adjacent to an activating group) is 1. The van der Waals surface area contributed by atoms with Crippen LogP contribution >= 0.6 is 0 Å². The Morgan fingerprint density at radius 2 is 2.00 bits per heavy atom. The Labute approximate surface area is 157 Å². The van der Waals surface area contributed by atoms with Gasteiger partial charge in [0, 0.05) is 24.7 Å². The SMILES string of the molecule is CCNC(=O)[C@H]1Cc2ccccc2N1C(=O)/C=C\c1ccc2c(c1)OCO2. The maximum Gasteiger partial charge on any atom is 0.251 e. The highest BCUT2D eigenvalue weighted by atomic mass is 16.7. The highest BCUT2D eigenvalue weighted by Crippen LogP contribution is 2.34. The van der Waals surface area contributed by atoms with Crippen LogP contribution in [0, 0.1) is 0 Å². The van der Waals surface area contributed by atoms with Gasteiger partial charge in [0.15, 0.2) is 11.5 Å². The molecule has 2 aromatic carbocycles. The first-order chi connectivity index (χ1) is 13.2. The number of hydrogen-bond acceptors (Lipinski definition) is 4. The molecule has 2 aromatic rings. The molecule has 0 radical (unpaired) electrons.